The molecule has 3 rings (SSSR count). The SMILES string of the molecule is CC(C)NC(=O)N(CCN1CCN(C)CC1)Cc1ccc(C(=O)Cc2cscc2NC(=O)OC(C)(C)C)nc1. The Morgan fingerprint density at radius 3 is 2.46 bits per heavy atom. The van der Waals surface area contributed by atoms with E-state index in [1.54, 1.807) is 43.3 Å². The average molecular weight is 559 g/mol. The highest BCUT2D eigenvalue weighted by atomic mass is 32.1. The number of hydrogen-bond donors (Lipinski definition) is 2. The Balaban J connectivity index is 1.60. The van der Waals surface area contributed by atoms with E-state index in [0.29, 0.717) is 30.0 Å². The topological polar surface area (TPSA) is 107 Å². The molecule has 1 saturated heterocycles. The highest BCUT2D eigenvalue weighted by Crippen LogP contribution is 2.23. The van der Waals surface area contributed by atoms with Crippen LogP contribution in [0.25, 0.3) is 0 Å². The molecule has 1 fully saturated rings. The summed E-state index contributed by atoms with van der Waals surface area (Å²) in [5.41, 5.74) is 1.85. The van der Waals surface area contributed by atoms with Gasteiger partial charge in [-0.1, -0.05) is 6.07 Å². The van der Waals surface area contributed by atoms with Gasteiger partial charge >= 0.3 is 12.1 Å². The van der Waals surface area contributed by atoms with Crippen molar-refractivity contribution in [1.82, 2.24) is 25.0 Å². The maximum atomic E-state index is 13.0. The number of nitrogens with zero attached hydrogens (tertiary/aromatic N) is 4. The number of piperazine rings is 1. The number of anilines is 1. The molecule has 0 aromatic carbocycles. The van der Waals surface area contributed by atoms with Gasteiger partial charge in [-0.25, -0.2) is 9.59 Å². The predicted molar refractivity (Wildman–Crippen MR) is 154 cm³/mol. The minimum atomic E-state index is -0.614. The standard InChI is InChI=1S/C28H42N6O4S/c1-20(2)30-26(36)34(14-13-33-11-9-32(6)10-12-33)17-21-7-8-23(29-16-21)25(35)15-22-18-39-19-24(22)31-27(37)38-28(3,4)5/h7-8,16,18-20H,9-15,17H2,1-6H3,(H,30,36)(H,31,37). The average Bonchev–Trinajstić information content (AvgIpc) is 3.27. The van der Waals surface area contributed by atoms with Gasteiger partial charge in [-0.2, -0.15) is 0 Å². The molecule has 2 N–H and O–H groups in total. The fourth-order valence-corrected chi connectivity index (χ4v) is 4.86. The molecule has 39 heavy (non-hydrogen) atoms. The lowest BCUT2D eigenvalue weighted by Gasteiger charge is -2.34. The second kappa shape index (κ2) is 13.9. The molecule has 0 aliphatic carbocycles. The number of ether oxygens (including phenoxy) is 1. The summed E-state index contributed by atoms with van der Waals surface area (Å²) in [7, 11) is 2.13. The molecule has 11 heteroatoms. The van der Waals surface area contributed by atoms with E-state index in [1.165, 1.54) is 11.3 Å². The van der Waals surface area contributed by atoms with Crippen molar-refractivity contribution in [3.8, 4) is 0 Å². The van der Waals surface area contributed by atoms with Crippen molar-refractivity contribution < 1.29 is 19.1 Å². The molecule has 0 spiro atoms. The van der Waals surface area contributed by atoms with Crippen molar-refractivity contribution in [2.45, 2.75) is 59.2 Å². The highest BCUT2D eigenvalue weighted by Gasteiger charge is 2.21. The van der Waals surface area contributed by atoms with Gasteiger partial charge in [0.15, 0.2) is 5.78 Å². The molecule has 3 heterocycles. The number of likely N-dealkylation sites (N-methyl/N-ethyl adjacent to an activating group) is 1. The smallest absolute Gasteiger partial charge is 0.412 e. The van der Waals surface area contributed by atoms with Crippen LogP contribution in [0.15, 0.2) is 29.1 Å². The third-order valence-electron chi connectivity index (χ3n) is 6.19. The highest BCUT2D eigenvalue weighted by molar-refractivity contribution is 7.08. The van der Waals surface area contributed by atoms with Gasteiger partial charge in [0.2, 0.25) is 0 Å². The number of carbonyl (C=O) groups excluding carboxylic acids is 3. The van der Waals surface area contributed by atoms with E-state index in [9.17, 15) is 14.4 Å². The Hall–Kier alpha value is -3.02. The number of ketones is 1. The van der Waals surface area contributed by atoms with Crippen LogP contribution in [-0.4, -0.2) is 95.6 Å². The largest absolute Gasteiger partial charge is 0.444 e. The Kier molecular flexibility index (Phi) is 10.8. The van der Waals surface area contributed by atoms with Crippen LogP contribution in [0.1, 0.15) is 56.2 Å². The molecule has 2 aromatic heterocycles. The molecule has 10 nitrogen and oxygen atoms in total. The number of amides is 3. The van der Waals surface area contributed by atoms with E-state index in [-0.39, 0.29) is 24.3 Å². The normalized spacial score (nSPS) is 14.7. The van der Waals surface area contributed by atoms with Crippen molar-refractivity contribution in [2.24, 2.45) is 0 Å². The van der Waals surface area contributed by atoms with E-state index in [2.05, 4.69) is 32.5 Å². The van der Waals surface area contributed by atoms with Crippen LogP contribution in [0.4, 0.5) is 15.3 Å². The maximum absolute atomic E-state index is 13.0. The number of rotatable bonds is 10. The maximum Gasteiger partial charge on any atom is 0.412 e. The van der Waals surface area contributed by atoms with Crippen molar-refractivity contribution >= 4 is 34.9 Å². The third-order valence-corrected chi connectivity index (χ3v) is 6.99. The molecule has 0 unspecified atom stereocenters. The van der Waals surface area contributed by atoms with Crippen molar-refractivity contribution in [3.05, 3.63) is 45.9 Å². The summed E-state index contributed by atoms with van der Waals surface area (Å²) in [5, 5.41) is 9.33. The molecule has 3 amide bonds. The number of Topliss-reactive ketones (excluding diaryl/α,β-unsaturated/α-hetero) is 1. The summed E-state index contributed by atoms with van der Waals surface area (Å²) in [6.45, 7) is 15.1. The second-order valence-corrected chi connectivity index (χ2v) is 12.0. The molecule has 0 atom stereocenters. The zero-order valence-electron chi connectivity index (χ0n) is 24.0. The number of hydrogen-bond acceptors (Lipinski definition) is 8. The molecule has 0 radical (unpaired) electrons. The van der Waals surface area contributed by atoms with E-state index in [4.69, 9.17) is 4.74 Å². The van der Waals surface area contributed by atoms with Gasteiger partial charge in [-0.05, 0) is 64.2 Å². The molecule has 2 aromatic rings. The van der Waals surface area contributed by atoms with Gasteiger partial charge in [-0.15, -0.1) is 11.3 Å². The summed E-state index contributed by atoms with van der Waals surface area (Å²) in [4.78, 5) is 48.9. The number of nitrogens with one attached hydrogen (secondary N) is 2. The molecular weight excluding hydrogens is 516 g/mol. The van der Waals surface area contributed by atoms with Gasteiger partial charge in [0, 0.05) is 69.9 Å². The zero-order valence-corrected chi connectivity index (χ0v) is 24.8. The number of carbonyl (C=O) groups is 3. The van der Waals surface area contributed by atoms with Gasteiger partial charge in [0.25, 0.3) is 0 Å². The fourth-order valence-electron chi connectivity index (χ4n) is 4.07. The van der Waals surface area contributed by atoms with Crippen LogP contribution >= 0.6 is 11.3 Å². The predicted octanol–water partition coefficient (Wildman–Crippen LogP) is 4.08. The molecule has 0 bridgehead atoms. The molecular formula is C28H42N6O4S. The fraction of sp³-hybridized carbons (Fsp3) is 0.571. The number of pyridine rings is 1. The Morgan fingerprint density at radius 1 is 1.13 bits per heavy atom. The van der Waals surface area contributed by atoms with E-state index >= 15 is 0 Å². The molecule has 1 aliphatic heterocycles. The van der Waals surface area contributed by atoms with Crippen LogP contribution in [0.5, 0.6) is 0 Å². The van der Waals surface area contributed by atoms with E-state index < -0.39 is 11.7 Å². The summed E-state index contributed by atoms with van der Waals surface area (Å²) in [6.07, 6.45) is 1.21. The van der Waals surface area contributed by atoms with Crippen LogP contribution < -0.4 is 10.6 Å². The minimum Gasteiger partial charge on any atom is -0.444 e. The molecule has 214 valence electrons. The Labute approximate surface area is 235 Å². The van der Waals surface area contributed by atoms with E-state index in [1.807, 2.05) is 25.3 Å². The second-order valence-electron chi connectivity index (χ2n) is 11.3. The first-order valence-electron chi connectivity index (χ1n) is 13.4. The lowest BCUT2D eigenvalue weighted by Crippen LogP contribution is -2.49. The minimum absolute atomic E-state index is 0.0357. The van der Waals surface area contributed by atoms with Gasteiger partial charge < -0.3 is 19.9 Å². The van der Waals surface area contributed by atoms with E-state index in [0.717, 1.165) is 38.3 Å². The molecule has 1 aliphatic rings. The number of urea groups is 1. The summed E-state index contributed by atoms with van der Waals surface area (Å²) in [5.74, 6) is -0.156. The van der Waals surface area contributed by atoms with Crippen molar-refractivity contribution in [1.29, 1.82) is 0 Å². The first-order valence-corrected chi connectivity index (χ1v) is 14.3. The summed E-state index contributed by atoms with van der Waals surface area (Å²) >= 11 is 1.40. The van der Waals surface area contributed by atoms with Crippen LogP contribution in [0.2, 0.25) is 0 Å². The van der Waals surface area contributed by atoms with Crippen LogP contribution in [0, 0.1) is 0 Å². The third kappa shape index (κ3) is 10.2. The quantitative estimate of drug-likeness (QED) is 0.423. The van der Waals surface area contributed by atoms with Gasteiger partial charge in [0.1, 0.15) is 11.3 Å². The van der Waals surface area contributed by atoms with Crippen LogP contribution in [-0.2, 0) is 17.7 Å². The summed E-state index contributed by atoms with van der Waals surface area (Å²) < 4.78 is 5.31. The van der Waals surface area contributed by atoms with Gasteiger partial charge in [-0.3, -0.25) is 20.0 Å². The first kappa shape index (κ1) is 30.5. The molecule has 0 saturated carbocycles. The van der Waals surface area contributed by atoms with Crippen molar-refractivity contribution in [3.63, 3.8) is 0 Å². The zero-order chi connectivity index (χ0) is 28.6. The van der Waals surface area contributed by atoms with Crippen LogP contribution in [0.3, 0.4) is 0 Å². The number of thiophene rings is 1. The monoisotopic (exact) mass is 558 g/mol. The Bertz CT molecular complexity index is 1100. The number of aromatic nitrogens is 1. The lowest BCUT2D eigenvalue weighted by molar-refractivity contribution is 0.0635. The Morgan fingerprint density at radius 2 is 1.85 bits per heavy atom. The summed E-state index contributed by atoms with van der Waals surface area (Å²) in [6, 6.07) is 3.47. The lowest BCUT2D eigenvalue weighted by atomic mass is 10.1. The van der Waals surface area contributed by atoms with Gasteiger partial charge in [0.05, 0.1) is 5.69 Å². The first-order chi connectivity index (χ1) is 18.4. The van der Waals surface area contributed by atoms with Crippen molar-refractivity contribution in [2.75, 3.05) is 51.6 Å².